The van der Waals surface area contributed by atoms with Crippen molar-refractivity contribution in [3.8, 4) is 0 Å². The number of carboxylic acid groups (broad SMARTS) is 1. The van der Waals surface area contributed by atoms with Gasteiger partial charge in [0.1, 0.15) is 0 Å². The largest absolute Gasteiger partial charge is 1.00 e. The molecule has 3 N–H and O–H groups in total. The number of nitrogens with one attached hydrogen (secondary N) is 1. The molecule has 0 heterocycles. The Balaban J connectivity index is 0.00000364. The molecule has 2 unspecified atom stereocenters. The molecule has 0 radical (unpaired) electrons. The number of hydrogen-bond acceptors (Lipinski definition) is 5. The van der Waals surface area contributed by atoms with Crippen molar-refractivity contribution in [1.82, 2.24) is 5.32 Å². The molecule has 0 aliphatic carbocycles. The molecule has 8 heteroatoms. The number of aromatic carboxylic acids is 1. The van der Waals surface area contributed by atoms with Gasteiger partial charge in [0.25, 0.3) is 0 Å². The average molecular weight is 383 g/mol. The molecule has 0 spiro atoms. The van der Waals surface area contributed by atoms with E-state index in [2.05, 4.69) is 5.32 Å². The van der Waals surface area contributed by atoms with E-state index >= 15 is 0 Å². The number of carboxylic acids is 1. The third kappa shape index (κ3) is 8.02. The molecule has 0 bridgehead atoms. The first-order valence-corrected chi connectivity index (χ1v) is 10.3. The Hall–Kier alpha value is -1.38. The van der Waals surface area contributed by atoms with E-state index in [1.54, 1.807) is 42.5 Å². The van der Waals surface area contributed by atoms with Crippen LogP contribution in [-0.2, 0) is 10.7 Å². The molecule has 0 fully saturated rings. The van der Waals surface area contributed by atoms with Crippen molar-refractivity contribution in [2.45, 2.75) is 25.2 Å². The number of rotatable bonds is 9. The van der Waals surface area contributed by atoms with Crippen molar-refractivity contribution >= 4 is 13.3 Å². The molecule has 0 amide bonds. The van der Waals surface area contributed by atoms with E-state index < -0.39 is 19.4 Å². The molecule has 3 atom stereocenters. The van der Waals surface area contributed by atoms with Gasteiger partial charge in [0.15, 0.2) is 0 Å². The summed E-state index contributed by atoms with van der Waals surface area (Å²) < 4.78 is 12.2. The fourth-order valence-corrected chi connectivity index (χ4v) is 4.35. The zero-order valence-corrected chi connectivity index (χ0v) is 16.4. The molecule has 2 aromatic rings. The molecule has 6 nitrogen and oxygen atoms in total. The smallest absolute Gasteiger partial charge is 0.799 e. The molecule has 0 aromatic heterocycles. The van der Waals surface area contributed by atoms with Crippen LogP contribution in [0.5, 0.6) is 0 Å². The number of aliphatic hydroxyl groups is 1. The molecule has 2 rings (SSSR count). The van der Waals surface area contributed by atoms with Crippen LogP contribution in [-0.4, -0.2) is 35.0 Å². The number of hydrogen-bond donors (Lipinski definition) is 3. The second-order valence-electron chi connectivity index (χ2n) is 6.36. The van der Waals surface area contributed by atoms with E-state index in [4.69, 9.17) is 5.11 Å². The van der Waals surface area contributed by atoms with Crippen LogP contribution in [0.15, 0.2) is 54.6 Å². The van der Waals surface area contributed by atoms with Crippen LogP contribution < -0.4 is 29.1 Å². The molecule has 140 valence electrons. The summed E-state index contributed by atoms with van der Waals surface area (Å²) in [5, 5.41) is 22.2. The third-order valence-electron chi connectivity index (χ3n) is 4.05. The van der Waals surface area contributed by atoms with Crippen LogP contribution in [0.3, 0.4) is 0 Å². The Morgan fingerprint density at radius 1 is 1.19 bits per heavy atom. The van der Waals surface area contributed by atoms with Crippen molar-refractivity contribution in [3.05, 3.63) is 71.3 Å². The Kier molecular flexibility index (Phi) is 9.48. The summed E-state index contributed by atoms with van der Waals surface area (Å²) in [6.45, 7) is 1.92. The van der Waals surface area contributed by atoms with Gasteiger partial charge in [-0.15, -0.1) is 0 Å². The SMILES string of the molecule is CC(NC[C@H](O)CP(=O)([O-])Cc1ccccc1)c1cccc(C(=O)O)c1.[Li+]. The minimum Gasteiger partial charge on any atom is -0.799 e. The van der Waals surface area contributed by atoms with E-state index in [-0.39, 0.29) is 49.3 Å². The zero-order chi connectivity index (χ0) is 19.2. The van der Waals surface area contributed by atoms with Gasteiger partial charge in [-0.1, -0.05) is 42.5 Å². The Labute approximate surface area is 171 Å². The Morgan fingerprint density at radius 2 is 1.85 bits per heavy atom. The van der Waals surface area contributed by atoms with Crippen molar-refractivity contribution in [1.29, 1.82) is 0 Å². The zero-order valence-electron chi connectivity index (χ0n) is 15.5. The maximum absolute atomic E-state index is 12.2. The predicted octanol–water partition coefficient (Wildman–Crippen LogP) is -0.761. The number of aliphatic hydroxyl groups excluding tert-OH is 1. The quantitative estimate of drug-likeness (QED) is 0.388. The van der Waals surface area contributed by atoms with Gasteiger partial charge < -0.3 is 25.0 Å². The maximum atomic E-state index is 12.2. The summed E-state index contributed by atoms with van der Waals surface area (Å²) in [5.41, 5.74) is 1.64. The summed E-state index contributed by atoms with van der Waals surface area (Å²) in [6, 6.07) is 15.1. The minimum absolute atomic E-state index is 0. The van der Waals surface area contributed by atoms with Crippen molar-refractivity contribution in [2.75, 3.05) is 12.7 Å². The molecular weight excluding hydrogens is 360 g/mol. The van der Waals surface area contributed by atoms with Gasteiger partial charge in [0, 0.05) is 32.3 Å². The van der Waals surface area contributed by atoms with Crippen LogP contribution in [0, 0.1) is 0 Å². The van der Waals surface area contributed by atoms with Crippen LogP contribution in [0.2, 0.25) is 0 Å². The van der Waals surface area contributed by atoms with E-state index in [1.807, 2.05) is 13.0 Å². The van der Waals surface area contributed by atoms with Crippen LogP contribution in [0.1, 0.15) is 34.5 Å². The van der Waals surface area contributed by atoms with E-state index in [0.717, 1.165) is 5.56 Å². The van der Waals surface area contributed by atoms with E-state index in [0.29, 0.717) is 5.56 Å². The molecule has 2 aromatic carbocycles. The molecular formula is C19H23LiNO5P. The minimum atomic E-state index is -3.74. The molecule has 0 saturated heterocycles. The van der Waals surface area contributed by atoms with Crippen LogP contribution in [0.25, 0.3) is 0 Å². The fraction of sp³-hybridized carbons (Fsp3) is 0.316. The second kappa shape index (κ2) is 10.8. The second-order valence-corrected chi connectivity index (χ2v) is 8.67. The predicted molar refractivity (Wildman–Crippen MR) is 98.4 cm³/mol. The van der Waals surface area contributed by atoms with Gasteiger partial charge in [0.2, 0.25) is 0 Å². The average Bonchev–Trinajstić information content (AvgIpc) is 2.59. The van der Waals surface area contributed by atoms with Gasteiger partial charge in [0.05, 0.1) is 11.7 Å². The Morgan fingerprint density at radius 3 is 2.48 bits per heavy atom. The maximum Gasteiger partial charge on any atom is 1.00 e. The van der Waals surface area contributed by atoms with Gasteiger partial charge in [-0.25, -0.2) is 4.79 Å². The summed E-state index contributed by atoms with van der Waals surface area (Å²) >= 11 is 0. The van der Waals surface area contributed by atoms with Crippen molar-refractivity contribution < 1.29 is 43.3 Å². The monoisotopic (exact) mass is 383 g/mol. The summed E-state index contributed by atoms with van der Waals surface area (Å²) in [6.07, 6.45) is -1.43. The molecule has 0 aliphatic rings. The summed E-state index contributed by atoms with van der Waals surface area (Å²) in [5.74, 6) is -1.01. The third-order valence-corrected chi connectivity index (χ3v) is 5.87. The van der Waals surface area contributed by atoms with Gasteiger partial charge >= 0.3 is 24.8 Å². The molecule has 27 heavy (non-hydrogen) atoms. The molecule has 0 aliphatic heterocycles. The first kappa shape index (κ1) is 23.7. The standard InChI is InChI=1S/C19H24NO5P.Li/c1-14(16-8-5-9-17(10-16)19(22)23)20-11-18(21)13-26(24,25)12-15-6-3-2-4-7-15;/h2-10,14,18,20-21H,11-13H2,1H3,(H,22,23)(H,24,25);/q;+1/p-1/t14?,18-;/m0./s1. The Bertz CT molecular complexity index is 787. The number of carbonyl (C=O) groups is 1. The first-order chi connectivity index (χ1) is 12.3. The van der Waals surface area contributed by atoms with Crippen molar-refractivity contribution in [3.63, 3.8) is 0 Å². The topological polar surface area (TPSA) is 110 Å². The summed E-state index contributed by atoms with van der Waals surface area (Å²) in [4.78, 5) is 23.2. The van der Waals surface area contributed by atoms with Gasteiger partial charge in [-0.05, 0) is 30.2 Å². The van der Waals surface area contributed by atoms with Crippen LogP contribution >= 0.6 is 7.37 Å². The fourth-order valence-electron chi connectivity index (χ4n) is 2.68. The van der Waals surface area contributed by atoms with Crippen molar-refractivity contribution in [2.24, 2.45) is 0 Å². The van der Waals surface area contributed by atoms with E-state index in [1.165, 1.54) is 6.07 Å². The first-order valence-electron chi connectivity index (χ1n) is 8.34. The van der Waals surface area contributed by atoms with Crippen LogP contribution in [0.4, 0.5) is 0 Å². The summed E-state index contributed by atoms with van der Waals surface area (Å²) in [7, 11) is -3.74. The number of benzene rings is 2. The normalized spacial score (nSPS) is 15.2. The molecule has 0 saturated carbocycles. The van der Waals surface area contributed by atoms with Gasteiger partial charge in [-0.2, -0.15) is 0 Å². The van der Waals surface area contributed by atoms with Gasteiger partial charge in [-0.3, -0.25) is 0 Å². The van der Waals surface area contributed by atoms with E-state index in [9.17, 15) is 19.4 Å².